The van der Waals surface area contributed by atoms with Crippen molar-refractivity contribution in [3.05, 3.63) is 99.6 Å². The summed E-state index contributed by atoms with van der Waals surface area (Å²) in [5, 5.41) is 22.1. The molecular formula is C26H20N2O8. The lowest BCUT2D eigenvalue weighted by Gasteiger charge is -2.26. The van der Waals surface area contributed by atoms with E-state index in [1.54, 1.807) is 42.5 Å². The lowest BCUT2D eigenvalue weighted by Crippen LogP contribution is -2.29. The summed E-state index contributed by atoms with van der Waals surface area (Å²) in [6.45, 7) is 1.24. The van der Waals surface area contributed by atoms with Gasteiger partial charge >= 0.3 is 5.97 Å². The summed E-state index contributed by atoms with van der Waals surface area (Å²) in [7, 11) is 1.49. The number of amides is 1. The van der Waals surface area contributed by atoms with E-state index in [4.69, 9.17) is 9.47 Å². The summed E-state index contributed by atoms with van der Waals surface area (Å²) >= 11 is 0. The Balaban J connectivity index is 1.90. The van der Waals surface area contributed by atoms with Gasteiger partial charge in [-0.2, -0.15) is 0 Å². The number of ketones is 1. The van der Waals surface area contributed by atoms with E-state index in [9.17, 15) is 29.6 Å². The average Bonchev–Trinajstić information content (AvgIpc) is 3.13. The Labute approximate surface area is 205 Å². The van der Waals surface area contributed by atoms with Gasteiger partial charge in [0.05, 0.1) is 23.6 Å². The number of aliphatic hydroxyl groups is 1. The number of methoxy groups -OCH3 is 1. The first-order valence-electron chi connectivity index (χ1n) is 10.7. The molecule has 0 radical (unpaired) electrons. The number of Topliss-reactive ketones (excluding diaryl/α,β-unsaturated/α-hetero) is 1. The quantitative estimate of drug-likeness (QED) is 0.104. The van der Waals surface area contributed by atoms with Crippen LogP contribution < -0.4 is 14.4 Å². The van der Waals surface area contributed by atoms with E-state index >= 15 is 0 Å². The van der Waals surface area contributed by atoms with Crippen molar-refractivity contribution in [3.8, 4) is 11.5 Å². The summed E-state index contributed by atoms with van der Waals surface area (Å²) in [6.07, 6.45) is 0. The van der Waals surface area contributed by atoms with Gasteiger partial charge in [0.25, 0.3) is 17.4 Å². The van der Waals surface area contributed by atoms with Crippen molar-refractivity contribution in [2.75, 3.05) is 12.0 Å². The van der Waals surface area contributed by atoms with E-state index in [1.807, 2.05) is 0 Å². The number of ether oxygens (including phenoxy) is 2. The maximum Gasteiger partial charge on any atom is 0.308 e. The molecular weight excluding hydrogens is 468 g/mol. The highest BCUT2D eigenvalue weighted by Crippen LogP contribution is 2.43. The number of nitro groups is 1. The summed E-state index contributed by atoms with van der Waals surface area (Å²) in [5.41, 5.74) is 0.464. The van der Waals surface area contributed by atoms with E-state index < -0.39 is 34.4 Å². The topological polar surface area (TPSA) is 136 Å². The van der Waals surface area contributed by atoms with Crippen LogP contribution in [0.5, 0.6) is 11.5 Å². The molecule has 182 valence electrons. The Morgan fingerprint density at radius 3 is 2.25 bits per heavy atom. The molecule has 1 heterocycles. The van der Waals surface area contributed by atoms with Crippen LogP contribution in [-0.4, -0.2) is 34.8 Å². The van der Waals surface area contributed by atoms with Crippen LogP contribution in [-0.2, 0) is 14.4 Å². The van der Waals surface area contributed by atoms with E-state index in [2.05, 4.69) is 0 Å². The van der Waals surface area contributed by atoms with Crippen LogP contribution in [0.25, 0.3) is 5.76 Å². The van der Waals surface area contributed by atoms with Crippen molar-refractivity contribution in [2.45, 2.75) is 13.0 Å². The largest absolute Gasteiger partial charge is 0.507 e. The molecule has 0 saturated carbocycles. The number of benzene rings is 3. The minimum absolute atomic E-state index is 0.120. The van der Waals surface area contributed by atoms with Gasteiger partial charge in [0.1, 0.15) is 17.3 Å². The highest BCUT2D eigenvalue weighted by molar-refractivity contribution is 6.51. The number of rotatable bonds is 6. The van der Waals surface area contributed by atoms with E-state index in [0.29, 0.717) is 17.0 Å². The van der Waals surface area contributed by atoms with Crippen LogP contribution in [0.2, 0.25) is 0 Å². The van der Waals surface area contributed by atoms with Gasteiger partial charge < -0.3 is 14.6 Å². The van der Waals surface area contributed by atoms with E-state index in [0.717, 1.165) is 0 Å². The zero-order valence-electron chi connectivity index (χ0n) is 19.2. The van der Waals surface area contributed by atoms with Crippen molar-refractivity contribution in [1.29, 1.82) is 0 Å². The molecule has 10 nitrogen and oxygen atoms in total. The Hall–Kier alpha value is -4.99. The summed E-state index contributed by atoms with van der Waals surface area (Å²) < 4.78 is 10.3. The maximum absolute atomic E-state index is 13.2. The number of anilines is 1. The minimum Gasteiger partial charge on any atom is -0.507 e. The van der Waals surface area contributed by atoms with Crippen molar-refractivity contribution >= 4 is 34.8 Å². The first-order chi connectivity index (χ1) is 17.2. The van der Waals surface area contributed by atoms with Crippen LogP contribution in [0.1, 0.15) is 24.1 Å². The number of hydrogen-bond acceptors (Lipinski definition) is 8. The number of non-ortho nitro benzene ring substituents is 1. The number of nitro benzene ring substituents is 1. The van der Waals surface area contributed by atoms with Crippen LogP contribution in [0.4, 0.5) is 11.4 Å². The second-order valence-electron chi connectivity index (χ2n) is 7.84. The molecule has 1 atom stereocenters. The highest BCUT2D eigenvalue weighted by atomic mass is 16.6. The second kappa shape index (κ2) is 9.71. The molecule has 1 aliphatic rings. The third-order valence-corrected chi connectivity index (χ3v) is 5.58. The predicted molar refractivity (Wildman–Crippen MR) is 129 cm³/mol. The van der Waals surface area contributed by atoms with Gasteiger partial charge in [-0.25, -0.2) is 0 Å². The molecule has 36 heavy (non-hydrogen) atoms. The van der Waals surface area contributed by atoms with E-state index in [-0.39, 0.29) is 22.6 Å². The Morgan fingerprint density at radius 1 is 1.00 bits per heavy atom. The average molecular weight is 488 g/mol. The van der Waals surface area contributed by atoms with Gasteiger partial charge in [-0.1, -0.05) is 12.1 Å². The van der Waals surface area contributed by atoms with Gasteiger partial charge in [0.2, 0.25) is 0 Å². The lowest BCUT2D eigenvalue weighted by atomic mass is 9.95. The standard InChI is InChI=1S/C26H20N2O8/c1-15(29)36-21-5-3-4-17(14-21)23-22(24(30)16-6-8-19(9-7-16)28(33)34)25(31)26(32)27(23)18-10-12-20(35-2)13-11-18/h3-14,23,30H,1-2H3/b24-22+. The fraction of sp³-hybridized carbons (Fsp3) is 0.115. The first-order valence-corrected chi connectivity index (χ1v) is 10.7. The molecule has 4 rings (SSSR count). The SMILES string of the molecule is COc1ccc(N2C(=O)C(=O)/C(=C(/O)c3ccc([N+](=O)[O-])cc3)C2c2cccc(OC(C)=O)c2)cc1. The molecule has 3 aromatic rings. The normalized spacial score (nSPS) is 16.6. The Kier molecular flexibility index (Phi) is 6.51. The minimum atomic E-state index is -1.08. The summed E-state index contributed by atoms with van der Waals surface area (Å²) in [6, 6.07) is 16.6. The van der Waals surface area contributed by atoms with Crippen molar-refractivity contribution < 1.29 is 33.9 Å². The molecule has 1 N–H and O–H groups in total. The maximum atomic E-state index is 13.2. The molecule has 0 aliphatic carbocycles. The van der Waals surface area contributed by atoms with E-state index in [1.165, 1.54) is 49.3 Å². The zero-order valence-corrected chi connectivity index (χ0v) is 19.2. The number of nitrogens with zero attached hydrogens (tertiary/aromatic N) is 2. The van der Waals surface area contributed by atoms with Crippen molar-refractivity contribution in [2.24, 2.45) is 0 Å². The molecule has 1 unspecified atom stereocenters. The third-order valence-electron chi connectivity index (χ3n) is 5.58. The number of esters is 1. The Morgan fingerprint density at radius 2 is 1.67 bits per heavy atom. The molecule has 10 heteroatoms. The molecule has 1 saturated heterocycles. The van der Waals surface area contributed by atoms with Crippen molar-refractivity contribution in [3.63, 3.8) is 0 Å². The molecule has 0 aromatic heterocycles. The lowest BCUT2D eigenvalue weighted by molar-refractivity contribution is -0.384. The van der Waals surface area contributed by atoms with Crippen LogP contribution in [0.3, 0.4) is 0 Å². The second-order valence-corrected chi connectivity index (χ2v) is 7.84. The van der Waals surface area contributed by atoms with Gasteiger partial charge in [0.15, 0.2) is 0 Å². The van der Waals surface area contributed by atoms with Gasteiger partial charge in [-0.15, -0.1) is 0 Å². The fourth-order valence-corrected chi connectivity index (χ4v) is 3.97. The summed E-state index contributed by atoms with van der Waals surface area (Å²) in [5.74, 6) is -2.15. The molecule has 1 fully saturated rings. The smallest absolute Gasteiger partial charge is 0.308 e. The molecule has 1 amide bonds. The molecule has 1 aliphatic heterocycles. The van der Waals surface area contributed by atoms with Gasteiger partial charge in [0, 0.05) is 30.3 Å². The number of hydrogen-bond donors (Lipinski definition) is 1. The third kappa shape index (κ3) is 4.51. The molecule has 0 bridgehead atoms. The predicted octanol–water partition coefficient (Wildman–Crippen LogP) is 4.16. The number of aliphatic hydroxyl groups excluding tert-OH is 1. The molecule has 0 spiro atoms. The van der Waals surface area contributed by atoms with Gasteiger partial charge in [-0.3, -0.25) is 29.4 Å². The fourth-order valence-electron chi connectivity index (χ4n) is 3.97. The monoisotopic (exact) mass is 488 g/mol. The van der Waals surface area contributed by atoms with Crippen LogP contribution >= 0.6 is 0 Å². The molecule has 3 aromatic carbocycles. The van der Waals surface area contributed by atoms with Gasteiger partial charge in [-0.05, 0) is 54.1 Å². The van der Waals surface area contributed by atoms with Crippen LogP contribution in [0.15, 0.2) is 78.4 Å². The summed E-state index contributed by atoms with van der Waals surface area (Å²) in [4.78, 5) is 49.6. The van der Waals surface area contributed by atoms with Crippen molar-refractivity contribution in [1.82, 2.24) is 0 Å². The number of carbonyl (C=O) groups excluding carboxylic acids is 3. The zero-order chi connectivity index (χ0) is 26.0. The highest BCUT2D eigenvalue weighted by Gasteiger charge is 2.47. The van der Waals surface area contributed by atoms with Crippen LogP contribution in [0, 0.1) is 10.1 Å². The first kappa shape index (κ1) is 24.1. The Bertz CT molecular complexity index is 1390. The number of carbonyl (C=O) groups is 3.